The molecule has 0 bridgehead atoms. The number of hydrogen-bond acceptors (Lipinski definition) is 5. The quantitative estimate of drug-likeness (QED) is 0.681. The highest BCUT2D eigenvalue weighted by Crippen LogP contribution is 2.19. The SMILES string of the molecule is O=C(O)c1nn(-c2ccc(Br)cn2)cc1[N+](=O)[O-]. The van der Waals surface area contributed by atoms with Crippen LogP contribution >= 0.6 is 15.9 Å². The van der Waals surface area contributed by atoms with Crippen molar-refractivity contribution in [3.05, 3.63) is 44.8 Å². The number of hydrogen-bond donors (Lipinski definition) is 1. The van der Waals surface area contributed by atoms with E-state index in [0.29, 0.717) is 0 Å². The zero-order chi connectivity index (χ0) is 13.3. The molecule has 2 aromatic rings. The molecule has 0 saturated carbocycles. The second-order valence-electron chi connectivity index (χ2n) is 3.20. The molecule has 0 atom stereocenters. The van der Waals surface area contributed by atoms with Gasteiger partial charge in [0, 0.05) is 10.7 Å². The number of carbonyl (C=O) groups is 1. The van der Waals surface area contributed by atoms with Gasteiger partial charge in [-0.2, -0.15) is 5.10 Å². The van der Waals surface area contributed by atoms with Gasteiger partial charge in [0.25, 0.3) is 0 Å². The molecule has 0 saturated heterocycles. The second kappa shape index (κ2) is 4.53. The third-order valence-electron chi connectivity index (χ3n) is 2.04. The summed E-state index contributed by atoms with van der Waals surface area (Å²) in [5.41, 5.74) is -1.20. The summed E-state index contributed by atoms with van der Waals surface area (Å²) in [6, 6.07) is 3.21. The third kappa shape index (κ3) is 2.20. The van der Waals surface area contributed by atoms with Crippen LogP contribution < -0.4 is 0 Å². The summed E-state index contributed by atoms with van der Waals surface area (Å²) < 4.78 is 1.78. The molecule has 18 heavy (non-hydrogen) atoms. The summed E-state index contributed by atoms with van der Waals surface area (Å²) in [6.45, 7) is 0. The first-order chi connectivity index (χ1) is 8.49. The summed E-state index contributed by atoms with van der Waals surface area (Å²) in [6.07, 6.45) is 2.49. The number of aromatic nitrogens is 3. The molecule has 0 aliphatic heterocycles. The number of nitrogens with zero attached hydrogens (tertiary/aromatic N) is 4. The normalized spacial score (nSPS) is 10.3. The van der Waals surface area contributed by atoms with Crippen molar-refractivity contribution in [2.24, 2.45) is 0 Å². The molecule has 2 rings (SSSR count). The van der Waals surface area contributed by atoms with Crippen LogP contribution in [0.3, 0.4) is 0 Å². The summed E-state index contributed by atoms with van der Waals surface area (Å²) >= 11 is 3.19. The summed E-state index contributed by atoms with van der Waals surface area (Å²) in [7, 11) is 0. The Kier molecular flexibility index (Phi) is 3.06. The lowest BCUT2D eigenvalue weighted by molar-refractivity contribution is -0.385. The molecule has 92 valence electrons. The zero-order valence-corrected chi connectivity index (χ0v) is 10.2. The van der Waals surface area contributed by atoms with E-state index >= 15 is 0 Å². The van der Waals surface area contributed by atoms with Crippen LogP contribution in [0, 0.1) is 10.1 Å². The van der Waals surface area contributed by atoms with Gasteiger partial charge in [-0.3, -0.25) is 10.1 Å². The van der Waals surface area contributed by atoms with Crippen molar-refractivity contribution in [1.82, 2.24) is 14.8 Å². The lowest BCUT2D eigenvalue weighted by Gasteiger charge is -1.98. The predicted molar refractivity (Wildman–Crippen MR) is 62.7 cm³/mol. The van der Waals surface area contributed by atoms with Crippen molar-refractivity contribution in [2.75, 3.05) is 0 Å². The summed E-state index contributed by atoms with van der Waals surface area (Å²) in [4.78, 5) is 24.7. The molecule has 0 aromatic carbocycles. The molecular weight excluding hydrogens is 308 g/mol. The maximum Gasteiger partial charge on any atom is 0.363 e. The van der Waals surface area contributed by atoms with Gasteiger partial charge in [0.05, 0.1) is 4.92 Å². The Bertz CT molecular complexity index is 590. The van der Waals surface area contributed by atoms with E-state index < -0.39 is 22.3 Å². The Morgan fingerprint density at radius 1 is 1.50 bits per heavy atom. The van der Waals surface area contributed by atoms with E-state index in [-0.39, 0.29) is 5.82 Å². The van der Waals surface area contributed by atoms with Gasteiger partial charge >= 0.3 is 11.7 Å². The van der Waals surface area contributed by atoms with Crippen LogP contribution in [0.25, 0.3) is 5.82 Å². The molecule has 0 spiro atoms. The van der Waals surface area contributed by atoms with Crippen molar-refractivity contribution < 1.29 is 14.8 Å². The van der Waals surface area contributed by atoms with E-state index in [1.807, 2.05) is 0 Å². The molecule has 8 nitrogen and oxygen atoms in total. The van der Waals surface area contributed by atoms with Crippen LogP contribution in [0.15, 0.2) is 29.0 Å². The van der Waals surface area contributed by atoms with Crippen LogP contribution in [-0.4, -0.2) is 30.8 Å². The number of rotatable bonds is 3. The van der Waals surface area contributed by atoms with Gasteiger partial charge in [-0.1, -0.05) is 0 Å². The van der Waals surface area contributed by atoms with E-state index in [1.54, 1.807) is 12.1 Å². The van der Waals surface area contributed by atoms with E-state index in [9.17, 15) is 14.9 Å². The van der Waals surface area contributed by atoms with Gasteiger partial charge in [-0.05, 0) is 28.1 Å². The number of carboxylic acid groups (broad SMARTS) is 1. The van der Waals surface area contributed by atoms with Crippen molar-refractivity contribution in [3.8, 4) is 5.82 Å². The molecule has 0 radical (unpaired) electrons. The van der Waals surface area contributed by atoms with Crippen molar-refractivity contribution >= 4 is 27.6 Å². The summed E-state index contributed by atoms with van der Waals surface area (Å²) in [5.74, 6) is -1.17. The first-order valence-electron chi connectivity index (χ1n) is 4.58. The molecule has 2 aromatic heterocycles. The predicted octanol–water partition coefficient (Wildman–Crippen LogP) is 1.64. The first-order valence-corrected chi connectivity index (χ1v) is 5.37. The highest BCUT2D eigenvalue weighted by molar-refractivity contribution is 9.10. The third-order valence-corrected chi connectivity index (χ3v) is 2.51. The maximum atomic E-state index is 10.8. The topological polar surface area (TPSA) is 111 Å². The van der Waals surface area contributed by atoms with Gasteiger partial charge in [0.15, 0.2) is 5.82 Å². The smallest absolute Gasteiger partial charge is 0.363 e. The van der Waals surface area contributed by atoms with Crippen molar-refractivity contribution in [3.63, 3.8) is 0 Å². The van der Waals surface area contributed by atoms with Crippen LogP contribution in [0.1, 0.15) is 10.5 Å². The molecule has 0 unspecified atom stereocenters. The minimum atomic E-state index is -1.46. The number of nitro groups is 1. The fourth-order valence-corrected chi connectivity index (χ4v) is 1.51. The lowest BCUT2D eigenvalue weighted by Crippen LogP contribution is -2.03. The Hall–Kier alpha value is -2.29. The zero-order valence-electron chi connectivity index (χ0n) is 8.65. The van der Waals surface area contributed by atoms with Gasteiger partial charge < -0.3 is 5.11 Å². The Labute approximate surface area is 108 Å². The van der Waals surface area contributed by atoms with Crippen LogP contribution in [0.2, 0.25) is 0 Å². The molecule has 0 aliphatic carbocycles. The van der Waals surface area contributed by atoms with E-state index in [1.165, 1.54) is 6.20 Å². The highest BCUT2D eigenvalue weighted by Gasteiger charge is 2.25. The molecular formula is C9H5BrN4O4. The van der Waals surface area contributed by atoms with E-state index in [0.717, 1.165) is 15.4 Å². The first kappa shape index (κ1) is 12.2. The number of carboxylic acids is 1. The fourth-order valence-electron chi connectivity index (χ4n) is 1.27. The minimum absolute atomic E-state index is 0.286. The van der Waals surface area contributed by atoms with Crippen LogP contribution in [-0.2, 0) is 0 Å². The number of pyridine rings is 1. The maximum absolute atomic E-state index is 10.8. The number of aromatic carboxylic acids is 1. The van der Waals surface area contributed by atoms with Crippen molar-refractivity contribution in [1.29, 1.82) is 0 Å². The largest absolute Gasteiger partial charge is 0.476 e. The standard InChI is InChI=1S/C9H5BrN4O4/c10-5-1-2-7(11-3-5)13-4-6(14(17)18)8(12-13)9(15)16/h1-4H,(H,15,16). The molecule has 0 fully saturated rings. The van der Waals surface area contributed by atoms with Gasteiger partial charge in [0.2, 0.25) is 5.69 Å². The molecule has 0 aliphatic rings. The minimum Gasteiger partial charge on any atom is -0.476 e. The molecule has 1 N–H and O–H groups in total. The molecule has 9 heteroatoms. The Morgan fingerprint density at radius 3 is 2.67 bits per heavy atom. The van der Waals surface area contributed by atoms with Gasteiger partial charge in [0.1, 0.15) is 6.20 Å². The average molecular weight is 313 g/mol. The van der Waals surface area contributed by atoms with E-state index in [2.05, 4.69) is 26.0 Å². The van der Waals surface area contributed by atoms with Gasteiger partial charge in [-0.25, -0.2) is 14.5 Å². The number of halogens is 1. The Balaban J connectivity index is 2.53. The van der Waals surface area contributed by atoms with Gasteiger partial charge in [-0.15, -0.1) is 0 Å². The molecule has 0 amide bonds. The fraction of sp³-hybridized carbons (Fsp3) is 0. The van der Waals surface area contributed by atoms with Crippen LogP contribution in [0.5, 0.6) is 0 Å². The Morgan fingerprint density at radius 2 is 2.22 bits per heavy atom. The van der Waals surface area contributed by atoms with Crippen LogP contribution in [0.4, 0.5) is 5.69 Å². The van der Waals surface area contributed by atoms with Crippen molar-refractivity contribution in [2.45, 2.75) is 0 Å². The second-order valence-corrected chi connectivity index (χ2v) is 4.12. The highest BCUT2D eigenvalue weighted by atomic mass is 79.9. The monoisotopic (exact) mass is 312 g/mol. The lowest BCUT2D eigenvalue weighted by atomic mass is 10.4. The summed E-state index contributed by atoms with van der Waals surface area (Å²) in [5, 5.41) is 23.1. The average Bonchev–Trinajstić information content (AvgIpc) is 2.75. The molecule has 2 heterocycles. The van der Waals surface area contributed by atoms with E-state index in [4.69, 9.17) is 5.11 Å².